The molecular formula is C27H25ClFN5O2. The summed E-state index contributed by atoms with van der Waals surface area (Å²) in [4.78, 5) is 23.4. The Morgan fingerprint density at radius 2 is 2.06 bits per heavy atom. The van der Waals surface area contributed by atoms with Gasteiger partial charge in [0.25, 0.3) is 0 Å². The van der Waals surface area contributed by atoms with Crippen LogP contribution in [0.2, 0.25) is 5.02 Å². The molecule has 7 nitrogen and oxygen atoms in total. The van der Waals surface area contributed by atoms with Crippen LogP contribution in [0.4, 0.5) is 21.6 Å². The normalized spacial score (nSPS) is 20.3. The number of hydrogen-bond acceptors (Lipinski definition) is 6. The lowest BCUT2D eigenvalue weighted by Gasteiger charge is -2.12. The maximum atomic E-state index is 13.6. The molecule has 0 spiro atoms. The largest absolute Gasteiger partial charge is 0.381 e. The molecule has 36 heavy (non-hydrogen) atoms. The number of nitrogens with one attached hydrogen (secondary N) is 2. The summed E-state index contributed by atoms with van der Waals surface area (Å²) < 4.78 is 19.1. The van der Waals surface area contributed by atoms with E-state index in [4.69, 9.17) is 16.3 Å². The number of nitrogens with zero attached hydrogens (tertiary/aromatic N) is 3. The van der Waals surface area contributed by atoms with E-state index in [0.29, 0.717) is 58.0 Å². The van der Waals surface area contributed by atoms with Crippen molar-refractivity contribution in [2.75, 3.05) is 44.5 Å². The summed E-state index contributed by atoms with van der Waals surface area (Å²) in [6, 6.07) is 8.00. The van der Waals surface area contributed by atoms with Gasteiger partial charge in [-0.2, -0.15) is 0 Å². The quantitative estimate of drug-likeness (QED) is 0.380. The fraction of sp³-hybridized carbons (Fsp3) is 0.296. The molecule has 2 aliphatic rings. The van der Waals surface area contributed by atoms with Crippen molar-refractivity contribution >= 4 is 45.6 Å². The molecular weight excluding hydrogens is 481 g/mol. The van der Waals surface area contributed by atoms with Crippen molar-refractivity contribution in [2.45, 2.75) is 0 Å². The molecule has 2 aromatic carbocycles. The van der Waals surface area contributed by atoms with Crippen molar-refractivity contribution in [3.05, 3.63) is 65.2 Å². The Morgan fingerprint density at radius 3 is 2.81 bits per heavy atom. The van der Waals surface area contributed by atoms with Gasteiger partial charge in [0.05, 0.1) is 35.0 Å². The molecule has 1 amide bonds. The van der Waals surface area contributed by atoms with Gasteiger partial charge in [-0.05, 0) is 44.4 Å². The first-order valence-electron chi connectivity index (χ1n) is 11.6. The first kappa shape index (κ1) is 24.2. The fourth-order valence-electron chi connectivity index (χ4n) is 4.28. The predicted octanol–water partition coefficient (Wildman–Crippen LogP) is 4.47. The first-order valence-corrected chi connectivity index (χ1v) is 12.0. The molecule has 0 bridgehead atoms. The highest BCUT2D eigenvalue weighted by atomic mass is 35.5. The van der Waals surface area contributed by atoms with E-state index in [0.717, 1.165) is 13.2 Å². The zero-order chi connectivity index (χ0) is 25.2. The Hall–Kier alpha value is -3.51. The van der Waals surface area contributed by atoms with Crippen LogP contribution in [0.25, 0.3) is 10.9 Å². The van der Waals surface area contributed by atoms with E-state index in [2.05, 4.69) is 32.4 Å². The Kier molecular flexibility index (Phi) is 6.88. The van der Waals surface area contributed by atoms with Gasteiger partial charge in [-0.1, -0.05) is 29.5 Å². The number of amides is 1. The average molecular weight is 506 g/mol. The molecule has 3 atom stereocenters. The SMILES string of the molecule is CN(C)C/C=C/C(=O)Nc1cc2c(Nc3ccc(F)c(Cl)c3)ncnc2cc1C#C[C@H]1[C@H]2COC[C@@H]12. The molecule has 1 aromatic heterocycles. The molecule has 3 aromatic rings. The van der Waals surface area contributed by atoms with Crippen LogP contribution >= 0.6 is 11.6 Å². The lowest BCUT2D eigenvalue weighted by atomic mass is 10.1. The van der Waals surface area contributed by atoms with E-state index in [9.17, 15) is 9.18 Å². The molecule has 184 valence electrons. The van der Waals surface area contributed by atoms with E-state index < -0.39 is 5.82 Å². The lowest BCUT2D eigenvalue weighted by molar-refractivity contribution is -0.111. The predicted molar refractivity (Wildman–Crippen MR) is 139 cm³/mol. The van der Waals surface area contributed by atoms with E-state index in [1.165, 1.54) is 24.5 Å². The highest BCUT2D eigenvalue weighted by molar-refractivity contribution is 6.31. The third-order valence-electron chi connectivity index (χ3n) is 6.28. The summed E-state index contributed by atoms with van der Waals surface area (Å²) >= 11 is 5.94. The second kappa shape index (κ2) is 10.2. The van der Waals surface area contributed by atoms with Crippen LogP contribution in [0.1, 0.15) is 5.56 Å². The van der Waals surface area contributed by atoms with Gasteiger partial charge in [0.1, 0.15) is 18.0 Å². The van der Waals surface area contributed by atoms with Crippen molar-refractivity contribution in [1.82, 2.24) is 14.9 Å². The van der Waals surface area contributed by atoms with Gasteiger partial charge in [-0.25, -0.2) is 14.4 Å². The van der Waals surface area contributed by atoms with Crippen LogP contribution in [0.15, 0.2) is 48.8 Å². The molecule has 0 radical (unpaired) electrons. The Morgan fingerprint density at radius 1 is 1.25 bits per heavy atom. The molecule has 9 heteroatoms. The summed E-state index contributed by atoms with van der Waals surface area (Å²) in [6.07, 6.45) is 4.74. The van der Waals surface area contributed by atoms with Crippen LogP contribution in [0.3, 0.4) is 0 Å². The number of hydrogen-bond donors (Lipinski definition) is 2. The van der Waals surface area contributed by atoms with Crippen molar-refractivity contribution in [1.29, 1.82) is 0 Å². The van der Waals surface area contributed by atoms with E-state index in [1.54, 1.807) is 18.2 Å². The minimum absolute atomic E-state index is 0.00336. The van der Waals surface area contributed by atoms with Crippen molar-refractivity contribution in [2.24, 2.45) is 17.8 Å². The van der Waals surface area contributed by atoms with Crippen LogP contribution in [0.5, 0.6) is 0 Å². The maximum Gasteiger partial charge on any atom is 0.248 e. The molecule has 1 saturated carbocycles. The highest BCUT2D eigenvalue weighted by Crippen LogP contribution is 2.50. The van der Waals surface area contributed by atoms with Crippen molar-refractivity contribution in [3.63, 3.8) is 0 Å². The second-order valence-corrected chi connectivity index (χ2v) is 9.61. The number of aromatic nitrogens is 2. The zero-order valence-electron chi connectivity index (χ0n) is 19.9. The van der Waals surface area contributed by atoms with Crippen LogP contribution in [-0.2, 0) is 9.53 Å². The van der Waals surface area contributed by atoms with E-state index in [1.807, 2.05) is 25.1 Å². The van der Waals surface area contributed by atoms with Gasteiger partial charge >= 0.3 is 0 Å². The molecule has 2 N–H and O–H groups in total. The molecule has 2 fully saturated rings. The Bertz CT molecular complexity index is 1400. The third-order valence-corrected chi connectivity index (χ3v) is 6.57. The number of likely N-dealkylation sites (N-methyl/N-ethyl adjacent to an activating group) is 1. The smallest absolute Gasteiger partial charge is 0.248 e. The number of rotatable bonds is 6. The number of halogens is 2. The summed E-state index contributed by atoms with van der Waals surface area (Å²) in [5.74, 6) is 7.70. The number of fused-ring (bicyclic) bond motifs is 2. The molecule has 5 rings (SSSR count). The summed E-state index contributed by atoms with van der Waals surface area (Å²) in [5.41, 5.74) is 2.47. The van der Waals surface area contributed by atoms with Gasteiger partial charge in [0.2, 0.25) is 5.91 Å². The van der Waals surface area contributed by atoms with Gasteiger partial charge in [-0.3, -0.25) is 4.79 Å². The first-order chi connectivity index (χ1) is 17.4. The molecule has 1 saturated heterocycles. The maximum absolute atomic E-state index is 13.6. The number of carbonyl (C=O) groups is 1. The monoisotopic (exact) mass is 505 g/mol. The molecule has 0 unspecified atom stereocenters. The topological polar surface area (TPSA) is 79.4 Å². The number of anilines is 3. The number of ether oxygens (including phenoxy) is 1. The van der Waals surface area contributed by atoms with Gasteiger partial charge in [0, 0.05) is 41.4 Å². The highest BCUT2D eigenvalue weighted by Gasteiger charge is 2.53. The van der Waals surface area contributed by atoms with Crippen molar-refractivity contribution in [3.8, 4) is 11.8 Å². The van der Waals surface area contributed by atoms with E-state index in [-0.39, 0.29) is 10.9 Å². The molecule has 1 aliphatic heterocycles. The van der Waals surface area contributed by atoms with Crippen LogP contribution < -0.4 is 10.6 Å². The number of benzene rings is 2. The number of carbonyl (C=O) groups excluding carboxylic acids is 1. The van der Waals surface area contributed by atoms with Crippen molar-refractivity contribution < 1.29 is 13.9 Å². The standard InChI is InChI=1S/C27H25ClFN5O2/c1-34(2)9-3-4-26(35)33-24-12-19-25(10-16(24)5-7-18-20-13-36-14-21(18)20)30-15-31-27(19)32-17-6-8-23(29)22(28)11-17/h3-4,6,8,10-12,15,18,20-21H,9,13-14H2,1-2H3,(H,33,35)(H,30,31,32)/b4-3+/t18-,20+,21-. The minimum Gasteiger partial charge on any atom is -0.381 e. The minimum atomic E-state index is -0.503. The average Bonchev–Trinajstić information content (AvgIpc) is 3.26. The Balaban J connectivity index is 1.49. The van der Waals surface area contributed by atoms with E-state index >= 15 is 0 Å². The molecule has 1 aliphatic carbocycles. The van der Waals surface area contributed by atoms with Gasteiger partial charge < -0.3 is 20.3 Å². The summed E-state index contributed by atoms with van der Waals surface area (Å²) in [7, 11) is 3.86. The fourth-order valence-corrected chi connectivity index (χ4v) is 4.46. The summed E-state index contributed by atoms with van der Waals surface area (Å²) in [5, 5.41) is 6.79. The van der Waals surface area contributed by atoms with Crippen LogP contribution in [-0.4, -0.2) is 54.6 Å². The van der Waals surface area contributed by atoms with Gasteiger partial charge in [-0.15, -0.1) is 0 Å². The zero-order valence-corrected chi connectivity index (χ0v) is 20.6. The lowest BCUT2D eigenvalue weighted by Crippen LogP contribution is -2.13. The Labute approximate surface area is 213 Å². The van der Waals surface area contributed by atoms with Crippen LogP contribution in [0, 0.1) is 35.4 Å². The third kappa shape index (κ3) is 5.34. The molecule has 2 heterocycles. The second-order valence-electron chi connectivity index (χ2n) is 9.21. The van der Waals surface area contributed by atoms with Gasteiger partial charge in [0.15, 0.2) is 0 Å². The summed E-state index contributed by atoms with van der Waals surface area (Å²) in [6.45, 7) is 2.17.